The normalized spacial score (nSPS) is 23.4. The van der Waals surface area contributed by atoms with Crippen LogP contribution in [-0.2, 0) is 11.2 Å². The van der Waals surface area contributed by atoms with E-state index in [9.17, 15) is 4.39 Å². The van der Waals surface area contributed by atoms with Crippen molar-refractivity contribution in [2.24, 2.45) is 5.92 Å². The molecule has 0 heterocycles. The maximum atomic E-state index is 13.8. The molecule has 2 rings (SSSR count). The van der Waals surface area contributed by atoms with Gasteiger partial charge in [-0.15, -0.1) is 0 Å². The van der Waals surface area contributed by atoms with E-state index < -0.39 is 0 Å². The Labute approximate surface area is 125 Å². The average Bonchev–Trinajstić information content (AvgIpc) is 2.39. The number of ether oxygens (including phenoxy) is 1. The van der Waals surface area contributed by atoms with Crippen LogP contribution in [0.15, 0.2) is 18.2 Å². The minimum absolute atomic E-state index is 0.171. The summed E-state index contributed by atoms with van der Waals surface area (Å²) in [4.78, 5) is 0. The Morgan fingerprint density at radius 1 is 1.45 bits per heavy atom. The number of hydrogen-bond acceptors (Lipinski definition) is 2. The summed E-state index contributed by atoms with van der Waals surface area (Å²) in [7, 11) is 1.94. The maximum absolute atomic E-state index is 13.8. The lowest BCUT2D eigenvalue weighted by atomic mass is 9.77. The average molecular weight is 300 g/mol. The highest BCUT2D eigenvalue weighted by molar-refractivity contribution is 6.30. The minimum Gasteiger partial charge on any atom is -0.378 e. The molecule has 1 aromatic rings. The predicted molar refractivity (Wildman–Crippen MR) is 80.7 cm³/mol. The molecule has 0 aromatic heterocycles. The molecule has 0 bridgehead atoms. The Bertz CT molecular complexity index is 434. The van der Waals surface area contributed by atoms with Gasteiger partial charge in [-0.25, -0.2) is 4.39 Å². The molecule has 1 aliphatic rings. The van der Waals surface area contributed by atoms with Crippen LogP contribution in [0.5, 0.6) is 0 Å². The predicted octanol–water partition coefficient (Wildman–Crippen LogP) is 3.81. The Kier molecular flexibility index (Phi) is 5.82. The summed E-state index contributed by atoms with van der Waals surface area (Å²) < 4.78 is 19.3. The first-order chi connectivity index (χ1) is 9.62. The summed E-state index contributed by atoms with van der Waals surface area (Å²) in [6.07, 6.45) is 4.43. The van der Waals surface area contributed by atoms with Crippen molar-refractivity contribution in [2.45, 2.75) is 44.8 Å². The highest BCUT2D eigenvalue weighted by atomic mass is 35.5. The van der Waals surface area contributed by atoms with Crippen LogP contribution in [-0.4, -0.2) is 25.8 Å². The quantitative estimate of drug-likeness (QED) is 0.826. The van der Waals surface area contributed by atoms with Crippen LogP contribution >= 0.6 is 11.6 Å². The molecule has 1 saturated carbocycles. The first-order valence-corrected chi connectivity index (χ1v) is 7.73. The zero-order valence-corrected chi connectivity index (χ0v) is 12.9. The minimum atomic E-state index is -0.171. The number of benzene rings is 1. The van der Waals surface area contributed by atoms with Crippen molar-refractivity contribution < 1.29 is 9.13 Å². The van der Waals surface area contributed by atoms with Gasteiger partial charge in [0.05, 0.1) is 6.10 Å². The molecule has 0 spiro atoms. The smallest absolute Gasteiger partial charge is 0.126 e. The Balaban J connectivity index is 1.85. The van der Waals surface area contributed by atoms with Crippen molar-refractivity contribution in [3.63, 3.8) is 0 Å². The fourth-order valence-corrected chi connectivity index (χ4v) is 3.10. The number of likely N-dealkylation sites (N-methyl/N-ethyl adjacent to an activating group) is 1. The van der Waals surface area contributed by atoms with Crippen LogP contribution in [0.2, 0.25) is 5.02 Å². The van der Waals surface area contributed by atoms with Crippen LogP contribution in [0.4, 0.5) is 4.39 Å². The molecule has 1 aromatic carbocycles. The SMILES string of the molecule is CCOC1CC(CC(Cc2cc(Cl)ccc2F)NC)C1. The third-order valence-electron chi connectivity index (χ3n) is 4.09. The zero-order valence-electron chi connectivity index (χ0n) is 12.2. The topological polar surface area (TPSA) is 21.3 Å². The molecule has 20 heavy (non-hydrogen) atoms. The van der Waals surface area contributed by atoms with E-state index in [-0.39, 0.29) is 11.9 Å². The summed E-state index contributed by atoms with van der Waals surface area (Å²) in [6.45, 7) is 2.83. The summed E-state index contributed by atoms with van der Waals surface area (Å²) in [5, 5.41) is 3.89. The van der Waals surface area contributed by atoms with E-state index in [0.29, 0.717) is 29.0 Å². The molecular formula is C16H23ClFNO. The van der Waals surface area contributed by atoms with Gasteiger partial charge < -0.3 is 10.1 Å². The number of hydrogen-bond donors (Lipinski definition) is 1. The van der Waals surface area contributed by atoms with Gasteiger partial charge >= 0.3 is 0 Å². The van der Waals surface area contributed by atoms with Gasteiger partial charge in [-0.05, 0) is 69.3 Å². The standard InChI is InChI=1S/C16H23ClFNO/c1-3-20-15-7-11(8-15)6-14(19-2)10-12-9-13(17)4-5-16(12)18/h4-5,9,11,14-15,19H,3,6-8,10H2,1-2H3. The molecule has 0 radical (unpaired) electrons. The van der Waals surface area contributed by atoms with Crippen LogP contribution in [0, 0.1) is 11.7 Å². The molecule has 0 aliphatic heterocycles. The van der Waals surface area contributed by atoms with Crippen molar-refractivity contribution in [3.05, 3.63) is 34.6 Å². The molecule has 4 heteroatoms. The van der Waals surface area contributed by atoms with Gasteiger partial charge in [0.2, 0.25) is 0 Å². The molecule has 112 valence electrons. The van der Waals surface area contributed by atoms with Crippen molar-refractivity contribution in [1.29, 1.82) is 0 Å². The van der Waals surface area contributed by atoms with Gasteiger partial charge in [-0.3, -0.25) is 0 Å². The maximum Gasteiger partial charge on any atom is 0.126 e. The van der Waals surface area contributed by atoms with E-state index in [0.717, 1.165) is 25.9 Å². The first kappa shape index (κ1) is 15.7. The van der Waals surface area contributed by atoms with Crippen molar-refractivity contribution >= 4 is 11.6 Å². The molecule has 1 aliphatic carbocycles. The monoisotopic (exact) mass is 299 g/mol. The van der Waals surface area contributed by atoms with E-state index in [1.165, 1.54) is 6.07 Å². The Morgan fingerprint density at radius 3 is 2.85 bits per heavy atom. The van der Waals surface area contributed by atoms with Gasteiger partial charge in [0.15, 0.2) is 0 Å². The molecule has 0 amide bonds. The fourth-order valence-electron chi connectivity index (χ4n) is 2.91. The summed E-state index contributed by atoms with van der Waals surface area (Å²) in [6, 6.07) is 5.05. The third-order valence-corrected chi connectivity index (χ3v) is 4.33. The van der Waals surface area contributed by atoms with E-state index in [2.05, 4.69) is 5.32 Å². The first-order valence-electron chi connectivity index (χ1n) is 7.35. The van der Waals surface area contributed by atoms with E-state index in [4.69, 9.17) is 16.3 Å². The van der Waals surface area contributed by atoms with Crippen LogP contribution in [0.1, 0.15) is 31.7 Å². The molecule has 1 N–H and O–H groups in total. The molecule has 1 atom stereocenters. The summed E-state index contributed by atoms with van der Waals surface area (Å²) in [5.74, 6) is 0.515. The lowest BCUT2D eigenvalue weighted by Gasteiger charge is -2.37. The molecule has 0 saturated heterocycles. The van der Waals surface area contributed by atoms with E-state index in [1.807, 2.05) is 14.0 Å². The second-order valence-corrected chi connectivity index (χ2v) is 6.01. The fraction of sp³-hybridized carbons (Fsp3) is 0.625. The largest absolute Gasteiger partial charge is 0.378 e. The second kappa shape index (κ2) is 7.39. The van der Waals surface area contributed by atoms with Crippen LogP contribution in [0.25, 0.3) is 0 Å². The third kappa shape index (κ3) is 4.18. The molecular weight excluding hydrogens is 277 g/mol. The zero-order chi connectivity index (χ0) is 14.5. The van der Waals surface area contributed by atoms with E-state index >= 15 is 0 Å². The van der Waals surface area contributed by atoms with Crippen molar-refractivity contribution in [1.82, 2.24) is 5.32 Å². The van der Waals surface area contributed by atoms with Gasteiger partial charge in [0, 0.05) is 17.7 Å². The van der Waals surface area contributed by atoms with Crippen molar-refractivity contribution in [2.75, 3.05) is 13.7 Å². The number of halogens is 2. The van der Waals surface area contributed by atoms with Gasteiger partial charge in [-0.2, -0.15) is 0 Å². The highest BCUT2D eigenvalue weighted by Gasteiger charge is 2.31. The Morgan fingerprint density at radius 2 is 2.20 bits per heavy atom. The second-order valence-electron chi connectivity index (χ2n) is 5.58. The van der Waals surface area contributed by atoms with Gasteiger partial charge in [-0.1, -0.05) is 11.6 Å². The molecule has 1 unspecified atom stereocenters. The lowest BCUT2D eigenvalue weighted by Crippen LogP contribution is -2.38. The van der Waals surface area contributed by atoms with Crippen LogP contribution in [0.3, 0.4) is 0 Å². The van der Waals surface area contributed by atoms with Crippen molar-refractivity contribution in [3.8, 4) is 0 Å². The van der Waals surface area contributed by atoms with Gasteiger partial charge in [0.1, 0.15) is 5.82 Å². The van der Waals surface area contributed by atoms with E-state index in [1.54, 1.807) is 12.1 Å². The van der Waals surface area contributed by atoms with Crippen LogP contribution < -0.4 is 5.32 Å². The molecule has 1 fully saturated rings. The highest BCUT2D eigenvalue weighted by Crippen LogP contribution is 2.34. The molecule has 2 nitrogen and oxygen atoms in total. The van der Waals surface area contributed by atoms with Gasteiger partial charge in [0.25, 0.3) is 0 Å². The lowest BCUT2D eigenvalue weighted by molar-refractivity contribution is -0.0288. The summed E-state index contributed by atoms with van der Waals surface area (Å²) in [5.41, 5.74) is 0.692. The summed E-state index contributed by atoms with van der Waals surface area (Å²) >= 11 is 5.94. The Hall–Kier alpha value is -0.640. The number of rotatable bonds is 7. The number of nitrogens with one attached hydrogen (secondary N) is 1.